The van der Waals surface area contributed by atoms with Gasteiger partial charge >= 0.3 is 0 Å². The van der Waals surface area contributed by atoms with Gasteiger partial charge in [0.15, 0.2) is 21.3 Å². The lowest BCUT2D eigenvalue weighted by atomic mass is 10.2. The fourth-order valence-electron chi connectivity index (χ4n) is 2.39. The van der Waals surface area contributed by atoms with Crippen LogP contribution >= 0.6 is 0 Å². The molecule has 1 fully saturated rings. The van der Waals surface area contributed by atoms with Gasteiger partial charge in [0, 0.05) is 6.04 Å². The molecular weight excluding hydrogens is 335 g/mol. The molecule has 1 aliphatic rings. The van der Waals surface area contributed by atoms with Crippen LogP contribution in [0.1, 0.15) is 16.9 Å². The average Bonchev–Trinajstić information content (AvgIpc) is 2.89. The highest BCUT2D eigenvalue weighted by atomic mass is 32.2. The van der Waals surface area contributed by atoms with Crippen molar-refractivity contribution in [3.05, 3.63) is 47.9 Å². The standard InChI is InChI=1S/C15H15FN4O3S/c16-11-3-1-2-4-12(11)18-14-6-5-13(19-20-14)15(21)17-10-7-8-24(22,23)9-10/h1-6,10H,7-9H2,(H,17,21)(H,18,20). The summed E-state index contributed by atoms with van der Waals surface area (Å²) in [6.45, 7) is 0. The maximum Gasteiger partial charge on any atom is 0.272 e. The van der Waals surface area contributed by atoms with Gasteiger partial charge in [0.25, 0.3) is 5.91 Å². The first-order chi connectivity index (χ1) is 11.4. The van der Waals surface area contributed by atoms with Gasteiger partial charge < -0.3 is 10.6 Å². The fourth-order valence-corrected chi connectivity index (χ4v) is 4.06. The zero-order valence-electron chi connectivity index (χ0n) is 12.6. The average molecular weight is 350 g/mol. The van der Waals surface area contributed by atoms with E-state index in [2.05, 4.69) is 20.8 Å². The van der Waals surface area contributed by atoms with Crippen molar-refractivity contribution in [3.63, 3.8) is 0 Å². The van der Waals surface area contributed by atoms with Gasteiger partial charge in [-0.15, -0.1) is 10.2 Å². The minimum atomic E-state index is -3.06. The summed E-state index contributed by atoms with van der Waals surface area (Å²) in [7, 11) is -3.06. The summed E-state index contributed by atoms with van der Waals surface area (Å²) in [6.07, 6.45) is 0.397. The highest BCUT2D eigenvalue weighted by Gasteiger charge is 2.29. The Kier molecular flexibility index (Phi) is 4.43. The van der Waals surface area contributed by atoms with Gasteiger partial charge in [-0.3, -0.25) is 4.79 Å². The molecule has 1 aromatic carbocycles. The summed E-state index contributed by atoms with van der Waals surface area (Å²) in [5.41, 5.74) is 0.318. The van der Waals surface area contributed by atoms with Crippen molar-refractivity contribution in [1.29, 1.82) is 0 Å². The molecular formula is C15H15FN4O3S. The molecule has 9 heteroatoms. The van der Waals surface area contributed by atoms with E-state index >= 15 is 0 Å². The molecule has 7 nitrogen and oxygen atoms in total. The van der Waals surface area contributed by atoms with Crippen LogP contribution in [0.4, 0.5) is 15.9 Å². The predicted molar refractivity (Wildman–Crippen MR) is 86.2 cm³/mol. The number of para-hydroxylation sites is 1. The van der Waals surface area contributed by atoms with Gasteiger partial charge in [0.2, 0.25) is 0 Å². The quantitative estimate of drug-likeness (QED) is 0.861. The molecule has 0 aliphatic carbocycles. The lowest BCUT2D eigenvalue weighted by Crippen LogP contribution is -2.36. The number of rotatable bonds is 4. The predicted octanol–water partition coefficient (Wildman–Crippen LogP) is 1.28. The summed E-state index contributed by atoms with van der Waals surface area (Å²) in [5.74, 6) is -0.598. The van der Waals surface area contributed by atoms with E-state index in [1.54, 1.807) is 18.2 Å². The number of halogens is 1. The molecule has 0 spiro atoms. The number of hydrogen-bond donors (Lipinski definition) is 2. The Morgan fingerprint density at radius 1 is 1.17 bits per heavy atom. The van der Waals surface area contributed by atoms with Crippen LogP contribution in [-0.2, 0) is 9.84 Å². The zero-order chi connectivity index (χ0) is 17.2. The number of nitrogens with zero attached hydrogens (tertiary/aromatic N) is 2. The molecule has 126 valence electrons. The Morgan fingerprint density at radius 3 is 2.58 bits per heavy atom. The van der Waals surface area contributed by atoms with Crippen LogP contribution in [-0.4, -0.2) is 42.1 Å². The molecule has 2 aromatic rings. The molecule has 1 saturated heterocycles. The molecule has 1 atom stereocenters. The zero-order valence-corrected chi connectivity index (χ0v) is 13.4. The number of amides is 1. The van der Waals surface area contributed by atoms with E-state index in [0.29, 0.717) is 12.2 Å². The number of sulfone groups is 1. The first kappa shape index (κ1) is 16.3. The minimum absolute atomic E-state index is 0.0565. The van der Waals surface area contributed by atoms with E-state index in [1.807, 2.05) is 0 Å². The second kappa shape index (κ2) is 6.52. The number of carbonyl (C=O) groups excluding carboxylic acids is 1. The van der Waals surface area contributed by atoms with Crippen LogP contribution < -0.4 is 10.6 Å². The SMILES string of the molecule is O=C(NC1CCS(=O)(=O)C1)c1ccc(Nc2ccccc2F)nn1. The van der Waals surface area contributed by atoms with E-state index in [1.165, 1.54) is 18.2 Å². The highest BCUT2D eigenvalue weighted by molar-refractivity contribution is 7.91. The maximum atomic E-state index is 13.5. The summed E-state index contributed by atoms with van der Waals surface area (Å²) in [4.78, 5) is 12.0. The minimum Gasteiger partial charge on any atom is -0.347 e. The normalized spacial score (nSPS) is 19.0. The third kappa shape index (κ3) is 3.85. The number of carbonyl (C=O) groups is 1. The monoisotopic (exact) mass is 350 g/mol. The second-order valence-corrected chi connectivity index (χ2v) is 7.71. The van der Waals surface area contributed by atoms with E-state index < -0.39 is 27.6 Å². The molecule has 1 aliphatic heterocycles. The molecule has 0 bridgehead atoms. The van der Waals surface area contributed by atoms with Gasteiger partial charge in [-0.2, -0.15) is 0 Å². The van der Waals surface area contributed by atoms with Crippen molar-refractivity contribution in [3.8, 4) is 0 Å². The van der Waals surface area contributed by atoms with Crippen LogP contribution in [0.5, 0.6) is 0 Å². The molecule has 0 radical (unpaired) electrons. The van der Waals surface area contributed by atoms with E-state index in [4.69, 9.17) is 0 Å². The van der Waals surface area contributed by atoms with Gasteiger partial charge in [0.05, 0.1) is 17.2 Å². The van der Waals surface area contributed by atoms with Crippen LogP contribution in [0, 0.1) is 5.82 Å². The number of hydrogen-bond acceptors (Lipinski definition) is 6. The summed E-state index contributed by atoms with van der Waals surface area (Å²) < 4.78 is 36.3. The van der Waals surface area contributed by atoms with Crippen LogP contribution in [0.25, 0.3) is 0 Å². The van der Waals surface area contributed by atoms with Crippen molar-refractivity contribution in [2.24, 2.45) is 0 Å². The van der Waals surface area contributed by atoms with Gasteiger partial charge in [-0.25, -0.2) is 12.8 Å². The molecule has 0 saturated carbocycles. The van der Waals surface area contributed by atoms with Crippen LogP contribution in [0.2, 0.25) is 0 Å². The van der Waals surface area contributed by atoms with Gasteiger partial charge in [0.1, 0.15) is 5.82 Å². The van der Waals surface area contributed by atoms with Gasteiger partial charge in [-0.05, 0) is 30.7 Å². The Bertz CT molecular complexity index is 855. The second-order valence-electron chi connectivity index (χ2n) is 5.48. The molecule has 2 heterocycles. The molecule has 1 unspecified atom stereocenters. The number of anilines is 2. The fraction of sp³-hybridized carbons (Fsp3) is 0.267. The van der Waals surface area contributed by atoms with E-state index in [0.717, 1.165) is 0 Å². The van der Waals surface area contributed by atoms with Gasteiger partial charge in [-0.1, -0.05) is 12.1 Å². The summed E-state index contributed by atoms with van der Waals surface area (Å²) in [5, 5.41) is 13.0. The van der Waals surface area contributed by atoms with Crippen molar-refractivity contribution in [1.82, 2.24) is 15.5 Å². The molecule has 24 heavy (non-hydrogen) atoms. The Hall–Kier alpha value is -2.55. The largest absolute Gasteiger partial charge is 0.347 e. The van der Waals surface area contributed by atoms with Crippen LogP contribution in [0.15, 0.2) is 36.4 Å². The Labute approximate surface area is 138 Å². The van der Waals surface area contributed by atoms with Crippen molar-refractivity contribution in [2.45, 2.75) is 12.5 Å². The highest BCUT2D eigenvalue weighted by Crippen LogP contribution is 2.17. The molecule has 3 rings (SSSR count). The molecule has 1 amide bonds. The third-order valence-corrected chi connectivity index (χ3v) is 5.37. The topological polar surface area (TPSA) is 101 Å². The Morgan fingerprint density at radius 2 is 1.96 bits per heavy atom. The van der Waals surface area contributed by atoms with Crippen molar-refractivity contribution in [2.75, 3.05) is 16.8 Å². The summed E-state index contributed by atoms with van der Waals surface area (Å²) >= 11 is 0. The van der Waals surface area contributed by atoms with E-state index in [-0.39, 0.29) is 22.9 Å². The van der Waals surface area contributed by atoms with E-state index in [9.17, 15) is 17.6 Å². The number of nitrogens with one attached hydrogen (secondary N) is 2. The number of benzene rings is 1. The lowest BCUT2D eigenvalue weighted by molar-refractivity contribution is 0.0935. The first-order valence-corrected chi connectivity index (χ1v) is 9.12. The van der Waals surface area contributed by atoms with Crippen LogP contribution in [0.3, 0.4) is 0 Å². The Balaban J connectivity index is 1.64. The lowest BCUT2D eigenvalue weighted by Gasteiger charge is -2.10. The molecule has 1 aromatic heterocycles. The maximum absolute atomic E-state index is 13.5. The smallest absolute Gasteiger partial charge is 0.272 e. The summed E-state index contributed by atoms with van der Waals surface area (Å²) in [6, 6.07) is 8.65. The number of aromatic nitrogens is 2. The molecule has 2 N–H and O–H groups in total. The first-order valence-electron chi connectivity index (χ1n) is 7.29. The third-order valence-electron chi connectivity index (χ3n) is 3.60. The van der Waals surface area contributed by atoms with Crippen molar-refractivity contribution >= 4 is 27.2 Å². The van der Waals surface area contributed by atoms with Crippen molar-refractivity contribution < 1.29 is 17.6 Å².